The minimum atomic E-state index is -0.734. The number of carbonyl (C=O) groups is 2. The average Bonchev–Trinajstić information content (AvgIpc) is 3.73. The number of aromatic nitrogens is 3. The predicted molar refractivity (Wildman–Crippen MR) is 184 cm³/mol. The first kappa shape index (κ1) is 31.6. The van der Waals surface area contributed by atoms with Crippen molar-refractivity contribution in [1.82, 2.24) is 19.3 Å². The molecule has 1 amide bonds. The lowest BCUT2D eigenvalue weighted by Crippen LogP contribution is -2.34. The molecule has 5 aromatic rings. The molecular weight excluding hydrogens is 615 g/mol. The molecule has 48 heavy (non-hydrogen) atoms. The van der Waals surface area contributed by atoms with Crippen LogP contribution in [-0.2, 0) is 9.47 Å². The summed E-state index contributed by atoms with van der Waals surface area (Å²) in [5.41, 5.74) is 3.10. The summed E-state index contributed by atoms with van der Waals surface area (Å²) < 4.78 is 27.7. The third kappa shape index (κ3) is 5.33. The summed E-state index contributed by atoms with van der Waals surface area (Å²) in [6.45, 7) is 9.79. The molecule has 2 fully saturated rings. The maximum atomic E-state index is 15.5. The number of fused-ring (bicyclic) bond motifs is 5. The Balaban J connectivity index is 1.45. The van der Waals surface area contributed by atoms with Gasteiger partial charge in [0.05, 0.1) is 28.9 Å². The lowest BCUT2D eigenvalue weighted by atomic mass is 10.0. The normalized spacial score (nSPS) is 18.2. The smallest absolute Gasteiger partial charge is 0.414 e. The number of likely N-dealkylation sites (tertiary alicyclic amines) is 1. The van der Waals surface area contributed by atoms with E-state index < -0.39 is 29.0 Å². The number of nitrogens with zero attached hydrogens (tertiary/aromatic N) is 5. The van der Waals surface area contributed by atoms with E-state index in [1.165, 1.54) is 27.5 Å². The first-order chi connectivity index (χ1) is 22.8. The molecule has 0 aliphatic carbocycles. The van der Waals surface area contributed by atoms with Crippen molar-refractivity contribution in [3.05, 3.63) is 70.5 Å². The molecule has 1 N–H and O–H groups in total. The summed E-state index contributed by atoms with van der Waals surface area (Å²) in [7, 11) is 3.70. The van der Waals surface area contributed by atoms with Crippen LogP contribution in [0.2, 0.25) is 0 Å². The highest BCUT2D eigenvalue weighted by molar-refractivity contribution is 6.18. The highest BCUT2D eigenvalue weighted by Gasteiger charge is 2.41. The molecule has 0 saturated carbocycles. The summed E-state index contributed by atoms with van der Waals surface area (Å²) in [5.74, 6) is -0.716. The third-order valence-corrected chi connectivity index (χ3v) is 9.47. The number of pyridine rings is 3. The number of hydrogen-bond donors (Lipinski definition) is 1. The van der Waals surface area contributed by atoms with Gasteiger partial charge in [0.15, 0.2) is 0 Å². The highest BCUT2D eigenvalue weighted by atomic mass is 19.1. The number of nitrogens with one attached hydrogen (secondary N) is 1. The second-order valence-corrected chi connectivity index (χ2v) is 13.7. The number of halogens is 1. The summed E-state index contributed by atoms with van der Waals surface area (Å²) >= 11 is 0. The number of amides is 1. The molecule has 0 bridgehead atoms. The molecule has 2 atom stereocenters. The maximum absolute atomic E-state index is 15.5. The van der Waals surface area contributed by atoms with Crippen molar-refractivity contribution in [3.8, 4) is 11.1 Å². The van der Waals surface area contributed by atoms with Gasteiger partial charge in [-0.15, -0.1) is 0 Å². The Morgan fingerprint density at radius 2 is 1.92 bits per heavy atom. The minimum absolute atomic E-state index is 0.0514. The summed E-state index contributed by atoms with van der Waals surface area (Å²) in [6, 6.07) is 10.1. The van der Waals surface area contributed by atoms with Crippen molar-refractivity contribution >= 4 is 50.9 Å². The summed E-state index contributed by atoms with van der Waals surface area (Å²) in [6.07, 6.45) is 3.95. The van der Waals surface area contributed by atoms with Gasteiger partial charge in [0.25, 0.3) is 5.56 Å². The van der Waals surface area contributed by atoms with Crippen molar-refractivity contribution in [3.63, 3.8) is 0 Å². The Labute approximate surface area is 276 Å². The zero-order valence-electron chi connectivity index (χ0n) is 28.0. The van der Waals surface area contributed by atoms with E-state index in [1.54, 1.807) is 53.2 Å². The average molecular weight is 655 g/mol. The number of benzene rings is 1. The molecule has 2 saturated heterocycles. The lowest BCUT2D eigenvalue weighted by molar-refractivity contribution is 0.0522. The molecule has 6 heterocycles. The molecule has 0 radical (unpaired) electrons. The zero-order valence-corrected chi connectivity index (χ0v) is 28.0. The third-order valence-electron chi connectivity index (χ3n) is 9.47. The van der Waals surface area contributed by atoms with Gasteiger partial charge >= 0.3 is 12.1 Å². The van der Waals surface area contributed by atoms with E-state index in [9.17, 15) is 14.4 Å². The van der Waals surface area contributed by atoms with E-state index in [2.05, 4.69) is 21.8 Å². The number of hydrogen-bond acceptors (Lipinski definition) is 8. The van der Waals surface area contributed by atoms with Gasteiger partial charge in [-0.05, 0) is 84.0 Å². The van der Waals surface area contributed by atoms with Crippen molar-refractivity contribution in [1.29, 1.82) is 0 Å². The van der Waals surface area contributed by atoms with Crippen LogP contribution in [0.3, 0.4) is 0 Å². The largest absolute Gasteiger partial charge is 0.462 e. The second-order valence-electron chi connectivity index (χ2n) is 13.7. The summed E-state index contributed by atoms with van der Waals surface area (Å²) in [4.78, 5) is 53.4. The van der Waals surface area contributed by atoms with Crippen LogP contribution in [-0.4, -0.2) is 83.3 Å². The molecule has 1 aromatic carbocycles. The molecule has 0 unspecified atom stereocenters. The number of aromatic amines is 1. The standard InChI is InChI=1S/C36H39FN6O5/c1-7-47-34(45)24-11-10-23-9-8-20(18-43(23)33(24)44)26-16-38-32-29(31(26)42-17-21-12-13-40(5)28(21)19-42)25-14-22(37)15-27(30(25)39-32)41(6)35(46)48-36(2,3)4/h8-11,14-16,18,21,28H,7,12-13,17,19H2,1-6H3,(H,38,39)/t21-,28+/m1/s1. The molecule has 2 aliphatic heterocycles. The van der Waals surface area contributed by atoms with E-state index in [1.807, 2.05) is 12.1 Å². The van der Waals surface area contributed by atoms with Crippen LogP contribution in [0, 0.1) is 11.7 Å². The molecule has 11 nitrogen and oxygen atoms in total. The van der Waals surface area contributed by atoms with E-state index in [0.717, 1.165) is 42.7 Å². The van der Waals surface area contributed by atoms with Crippen molar-refractivity contribution in [2.24, 2.45) is 5.92 Å². The second kappa shape index (κ2) is 11.6. The quantitative estimate of drug-likeness (QED) is 0.236. The number of ether oxygens (including phenoxy) is 2. The first-order valence-corrected chi connectivity index (χ1v) is 16.2. The predicted octanol–water partition coefficient (Wildman–Crippen LogP) is 5.82. The maximum Gasteiger partial charge on any atom is 0.414 e. The first-order valence-electron chi connectivity index (χ1n) is 16.2. The Kier molecular flexibility index (Phi) is 7.66. The number of H-pyrrole nitrogens is 1. The molecule has 250 valence electrons. The molecular formula is C36H39FN6O5. The van der Waals surface area contributed by atoms with Gasteiger partial charge in [-0.1, -0.05) is 6.07 Å². The van der Waals surface area contributed by atoms with Gasteiger partial charge < -0.3 is 24.3 Å². The number of carbonyl (C=O) groups excluding carboxylic acids is 2. The molecule has 7 rings (SSSR count). The van der Waals surface area contributed by atoms with Crippen LogP contribution in [0.25, 0.3) is 38.6 Å². The number of rotatable bonds is 5. The Bertz CT molecular complexity index is 2170. The number of anilines is 2. The zero-order chi connectivity index (χ0) is 34.1. The SMILES string of the molecule is CCOC(=O)c1ccc2ccc(-c3cnc4[nH]c5c(N(C)C(=O)OC(C)(C)C)cc(F)cc5c4c3N3C[C@H]4CCN(C)[C@H]4C3)cn2c1=O. The number of esters is 1. The Morgan fingerprint density at radius 3 is 2.65 bits per heavy atom. The van der Waals surface area contributed by atoms with Crippen LogP contribution in [0.4, 0.5) is 20.6 Å². The topological polar surface area (TPSA) is 112 Å². The van der Waals surface area contributed by atoms with E-state index in [4.69, 9.17) is 14.5 Å². The molecule has 0 spiro atoms. The van der Waals surface area contributed by atoms with E-state index in [0.29, 0.717) is 45.3 Å². The van der Waals surface area contributed by atoms with Crippen LogP contribution in [0.1, 0.15) is 44.5 Å². The lowest BCUT2D eigenvalue weighted by Gasteiger charge is -2.26. The van der Waals surface area contributed by atoms with Gasteiger partial charge in [-0.25, -0.2) is 19.0 Å². The highest BCUT2D eigenvalue weighted by Crippen LogP contribution is 2.45. The van der Waals surface area contributed by atoms with Crippen LogP contribution >= 0.6 is 0 Å². The summed E-state index contributed by atoms with van der Waals surface area (Å²) in [5, 5.41) is 1.30. The fraction of sp³-hybridized carbons (Fsp3) is 0.389. The fourth-order valence-corrected chi connectivity index (χ4v) is 7.20. The molecule has 4 aromatic heterocycles. The van der Waals surface area contributed by atoms with Gasteiger partial charge in [0.1, 0.15) is 22.6 Å². The van der Waals surface area contributed by atoms with Crippen LogP contribution < -0.4 is 15.4 Å². The van der Waals surface area contributed by atoms with Crippen LogP contribution in [0.15, 0.2) is 53.6 Å². The van der Waals surface area contributed by atoms with Crippen molar-refractivity contribution in [2.75, 3.05) is 50.1 Å². The van der Waals surface area contributed by atoms with Gasteiger partial charge in [0, 0.05) is 60.6 Å². The van der Waals surface area contributed by atoms with Gasteiger partial charge in [-0.3, -0.25) is 14.1 Å². The minimum Gasteiger partial charge on any atom is -0.462 e. The molecule has 2 aliphatic rings. The Morgan fingerprint density at radius 1 is 1.15 bits per heavy atom. The fourth-order valence-electron chi connectivity index (χ4n) is 7.20. The Hall–Kier alpha value is -4.97. The van der Waals surface area contributed by atoms with Crippen LogP contribution in [0.5, 0.6) is 0 Å². The van der Waals surface area contributed by atoms with Gasteiger partial charge in [0.2, 0.25) is 0 Å². The van der Waals surface area contributed by atoms with Crippen molar-refractivity contribution < 1.29 is 23.5 Å². The number of likely N-dealkylation sites (N-methyl/N-ethyl adjacent to an activating group) is 1. The van der Waals surface area contributed by atoms with Crippen molar-refractivity contribution in [2.45, 2.75) is 45.8 Å². The monoisotopic (exact) mass is 654 g/mol. The van der Waals surface area contributed by atoms with E-state index >= 15 is 4.39 Å². The molecule has 12 heteroatoms. The van der Waals surface area contributed by atoms with Gasteiger partial charge in [-0.2, -0.15) is 0 Å². The van der Waals surface area contributed by atoms with E-state index in [-0.39, 0.29) is 12.2 Å².